The number of hydrogen-bond acceptors (Lipinski definition) is 4. The molecule has 1 heterocycles. The second-order valence-electron chi connectivity index (χ2n) is 5.37. The maximum absolute atomic E-state index is 9.72. The summed E-state index contributed by atoms with van der Waals surface area (Å²) in [6, 6.07) is 0.404. The zero-order valence-corrected chi connectivity index (χ0v) is 10.8. The maximum atomic E-state index is 9.72. The Morgan fingerprint density at radius 2 is 2.19 bits per heavy atom. The second kappa shape index (κ2) is 5.96. The fraction of sp³-hybridized carbons (Fsp3) is 1.00. The summed E-state index contributed by atoms with van der Waals surface area (Å²) in [6.45, 7) is 6.32. The number of rotatable bonds is 5. The molecule has 1 fully saturated rings. The van der Waals surface area contributed by atoms with Gasteiger partial charge in [-0.15, -0.1) is 0 Å². The van der Waals surface area contributed by atoms with Crippen molar-refractivity contribution >= 4 is 0 Å². The van der Waals surface area contributed by atoms with Gasteiger partial charge in [0.2, 0.25) is 0 Å². The molecule has 96 valence electrons. The van der Waals surface area contributed by atoms with Crippen molar-refractivity contribution in [3.8, 4) is 0 Å². The lowest BCUT2D eigenvalue weighted by Crippen LogP contribution is -2.49. The van der Waals surface area contributed by atoms with Gasteiger partial charge in [0.15, 0.2) is 0 Å². The molecule has 0 aromatic rings. The van der Waals surface area contributed by atoms with E-state index in [1.54, 1.807) is 7.11 Å². The Bertz CT molecular complexity index is 204. The Labute approximate surface area is 98.8 Å². The Kier molecular flexibility index (Phi) is 5.18. The van der Waals surface area contributed by atoms with Crippen LogP contribution in [0.1, 0.15) is 33.1 Å². The molecular weight excluding hydrogens is 204 g/mol. The van der Waals surface area contributed by atoms with E-state index in [1.807, 2.05) is 13.8 Å². The summed E-state index contributed by atoms with van der Waals surface area (Å²) in [7, 11) is 1.77. The van der Waals surface area contributed by atoms with Crippen LogP contribution in [-0.4, -0.2) is 54.5 Å². The SMILES string of the molecule is COC1CCN(CCC(C)(C)O)C(CN)C1. The molecule has 0 radical (unpaired) electrons. The van der Waals surface area contributed by atoms with Gasteiger partial charge in [0.05, 0.1) is 11.7 Å². The van der Waals surface area contributed by atoms with E-state index in [4.69, 9.17) is 10.5 Å². The van der Waals surface area contributed by atoms with E-state index < -0.39 is 5.60 Å². The molecule has 0 aromatic carbocycles. The number of nitrogens with two attached hydrogens (primary N) is 1. The molecule has 1 saturated heterocycles. The van der Waals surface area contributed by atoms with Gasteiger partial charge in [-0.25, -0.2) is 0 Å². The van der Waals surface area contributed by atoms with E-state index in [0.29, 0.717) is 18.7 Å². The number of hydrogen-bond donors (Lipinski definition) is 2. The summed E-state index contributed by atoms with van der Waals surface area (Å²) in [5.74, 6) is 0. The minimum atomic E-state index is -0.586. The van der Waals surface area contributed by atoms with Gasteiger partial charge in [0.1, 0.15) is 0 Å². The van der Waals surface area contributed by atoms with Gasteiger partial charge in [0.25, 0.3) is 0 Å². The zero-order valence-electron chi connectivity index (χ0n) is 10.8. The van der Waals surface area contributed by atoms with Crippen molar-refractivity contribution in [2.24, 2.45) is 5.73 Å². The monoisotopic (exact) mass is 230 g/mol. The van der Waals surface area contributed by atoms with Crippen molar-refractivity contribution in [3.05, 3.63) is 0 Å². The normalized spacial score (nSPS) is 28.3. The van der Waals surface area contributed by atoms with E-state index in [0.717, 1.165) is 32.4 Å². The molecule has 1 aliphatic rings. The average Bonchev–Trinajstić information content (AvgIpc) is 2.25. The van der Waals surface area contributed by atoms with Crippen molar-refractivity contribution in [2.75, 3.05) is 26.7 Å². The van der Waals surface area contributed by atoms with Gasteiger partial charge in [-0.05, 0) is 33.1 Å². The molecule has 2 atom stereocenters. The van der Waals surface area contributed by atoms with Crippen LogP contribution >= 0.6 is 0 Å². The third-order valence-corrected chi connectivity index (χ3v) is 3.41. The molecule has 0 aromatic heterocycles. The Morgan fingerprint density at radius 1 is 1.50 bits per heavy atom. The van der Waals surface area contributed by atoms with Crippen LogP contribution in [0, 0.1) is 0 Å². The quantitative estimate of drug-likeness (QED) is 0.725. The highest BCUT2D eigenvalue weighted by Crippen LogP contribution is 2.20. The van der Waals surface area contributed by atoms with Crippen LogP contribution in [-0.2, 0) is 4.74 Å². The van der Waals surface area contributed by atoms with Gasteiger partial charge in [-0.2, -0.15) is 0 Å². The van der Waals surface area contributed by atoms with Crippen molar-refractivity contribution in [3.63, 3.8) is 0 Å². The molecule has 2 unspecified atom stereocenters. The first-order valence-electron chi connectivity index (χ1n) is 6.15. The minimum absolute atomic E-state index is 0.354. The van der Waals surface area contributed by atoms with Crippen LogP contribution in [0.4, 0.5) is 0 Å². The van der Waals surface area contributed by atoms with Crippen molar-refractivity contribution in [1.29, 1.82) is 0 Å². The number of aliphatic hydroxyl groups is 1. The first kappa shape index (κ1) is 13.9. The predicted octanol–water partition coefficient (Wildman–Crippen LogP) is 0.586. The number of likely N-dealkylation sites (tertiary alicyclic amines) is 1. The third kappa shape index (κ3) is 4.37. The van der Waals surface area contributed by atoms with Gasteiger partial charge in [-0.3, -0.25) is 4.90 Å². The molecule has 0 aliphatic carbocycles. The third-order valence-electron chi connectivity index (χ3n) is 3.41. The number of piperidine rings is 1. The summed E-state index contributed by atoms with van der Waals surface area (Å²) < 4.78 is 5.39. The summed E-state index contributed by atoms with van der Waals surface area (Å²) >= 11 is 0. The highest BCUT2D eigenvalue weighted by atomic mass is 16.5. The molecule has 1 aliphatic heterocycles. The standard InChI is InChI=1S/C12H26N2O2/c1-12(2,15)5-7-14-6-4-11(16-3)8-10(14)9-13/h10-11,15H,4-9,13H2,1-3H3. The topological polar surface area (TPSA) is 58.7 Å². The average molecular weight is 230 g/mol. The van der Waals surface area contributed by atoms with E-state index in [1.165, 1.54) is 0 Å². The first-order valence-corrected chi connectivity index (χ1v) is 6.15. The van der Waals surface area contributed by atoms with Crippen LogP contribution in [0.3, 0.4) is 0 Å². The van der Waals surface area contributed by atoms with Gasteiger partial charge in [0, 0.05) is 32.8 Å². The van der Waals surface area contributed by atoms with E-state index in [-0.39, 0.29) is 0 Å². The van der Waals surface area contributed by atoms with Gasteiger partial charge < -0.3 is 15.6 Å². The van der Waals surface area contributed by atoms with Crippen LogP contribution in [0.2, 0.25) is 0 Å². The molecule has 4 nitrogen and oxygen atoms in total. The fourth-order valence-corrected chi connectivity index (χ4v) is 2.23. The van der Waals surface area contributed by atoms with Crippen LogP contribution in [0.25, 0.3) is 0 Å². The molecule has 0 spiro atoms. The van der Waals surface area contributed by atoms with Crippen molar-refractivity contribution < 1.29 is 9.84 Å². The Hall–Kier alpha value is -0.160. The van der Waals surface area contributed by atoms with Crippen LogP contribution in [0.15, 0.2) is 0 Å². The molecule has 16 heavy (non-hydrogen) atoms. The second-order valence-corrected chi connectivity index (χ2v) is 5.37. The largest absolute Gasteiger partial charge is 0.390 e. The highest BCUT2D eigenvalue weighted by molar-refractivity contribution is 4.84. The summed E-state index contributed by atoms with van der Waals surface area (Å²) in [5, 5.41) is 9.72. The molecule has 0 amide bonds. The molecular formula is C12H26N2O2. The summed E-state index contributed by atoms with van der Waals surface area (Å²) in [5.41, 5.74) is 5.20. The van der Waals surface area contributed by atoms with Crippen molar-refractivity contribution in [2.45, 2.75) is 50.9 Å². The maximum Gasteiger partial charge on any atom is 0.0603 e. The lowest BCUT2D eigenvalue weighted by molar-refractivity contribution is -0.00112. The first-order chi connectivity index (χ1) is 7.46. The Balaban J connectivity index is 2.41. The lowest BCUT2D eigenvalue weighted by Gasteiger charge is -2.39. The number of ether oxygens (including phenoxy) is 1. The van der Waals surface area contributed by atoms with E-state index in [2.05, 4.69) is 4.90 Å². The smallest absolute Gasteiger partial charge is 0.0603 e. The molecule has 3 N–H and O–H groups in total. The highest BCUT2D eigenvalue weighted by Gasteiger charge is 2.28. The summed E-state index contributed by atoms with van der Waals surface area (Å²) in [6.07, 6.45) is 3.23. The number of nitrogens with zero attached hydrogens (tertiary/aromatic N) is 1. The van der Waals surface area contributed by atoms with Crippen LogP contribution < -0.4 is 5.73 Å². The fourth-order valence-electron chi connectivity index (χ4n) is 2.23. The summed E-state index contributed by atoms with van der Waals surface area (Å²) in [4.78, 5) is 2.38. The predicted molar refractivity (Wildman–Crippen MR) is 65.4 cm³/mol. The van der Waals surface area contributed by atoms with Crippen molar-refractivity contribution in [1.82, 2.24) is 4.90 Å². The molecule has 1 rings (SSSR count). The zero-order chi connectivity index (χ0) is 12.2. The molecule has 4 heteroatoms. The van der Waals surface area contributed by atoms with E-state index >= 15 is 0 Å². The number of methoxy groups -OCH3 is 1. The van der Waals surface area contributed by atoms with Gasteiger partial charge in [-0.1, -0.05) is 0 Å². The Morgan fingerprint density at radius 3 is 2.69 bits per heavy atom. The molecule has 0 saturated carbocycles. The molecule has 0 bridgehead atoms. The van der Waals surface area contributed by atoms with Gasteiger partial charge >= 0.3 is 0 Å². The minimum Gasteiger partial charge on any atom is -0.390 e. The van der Waals surface area contributed by atoms with Crippen LogP contribution in [0.5, 0.6) is 0 Å². The lowest BCUT2D eigenvalue weighted by atomic mass is 9.97. The van der Waals surface area contributed by atoms with E-state index in [9.17, 15) is 5.11 Å².